The lowest BCUT2D eigenvalue weighted by atomic mass is 10.2. The lowest BCUT2D eigenvalue weighted by molar-refractivity contribution is -0.119. The Kier molecular flexibility index (Phi) is 5.60. The molecule has 7 nitrogen and oxygen atoms in total. The van der Waals surface area contributed by atoms with Gasteiger partial charge < -0.3 is 11.1 Å². The van der Waals surface area contributed by atoms with Gasteiger partial charge in [-0.2, -0.15) is 0 Å². The van der Waals surface area contributed by atoms with Crippen LogP contribution in [0.3, 0.4) is 0 Å². The van der Waals surface area contributed by atoms with Crippen molar-refractivity contribution in [1.82, 2.24) is 15.3 Å². The lowest BCUT2D eigenvalue weighted by Crippen LogP contribution is -2.33. The van der Waals surface area contributed by atoms with Gasteiger partial charge in [0.15, 0.2) is 5.16 Å². The maximum Gasteiger partial charge on any atom is 0.230 e. The van der Waals surface area contributed by atoms with Crippen molar-refractivity contribution in [3.05, 3.63) is 23.7 Å². The number of sulfone groups is 1. The quantitative estimate of drug-likeness (QED) is 0.565. The van der Waals surface area contributed by atoms with Crippen molar-refractivity contribution >= 4 is 44.7 Å². The van der Waals surface area contributed by atoms with Crippen LogP contribution in [0.2, 0.25) is 0 Å². The first kappa shape index (κ1) is 18.2. The fraction of sp³-hybridized carbons (Fsp3) is 0.400. The first-order chi connectivity index (χ1) is 12.0. The molecule has 0 spiro atoms. The molecular weight excluding hydrogens is 380 g/mol. The van der Waals surface area contributed by atoms with Gasteiger partial charge in [-0.15, -0.1) is 11.3 Å². The summed E-state index contributed by atoms with van der Waals surface area (Å²) < 4.78 is 25.1. The van der Waals surface area contributed by atoms with Crippen LogP contribution in [0.4, 0.5) is 5.82 Å². The van der Waals surface area contributed by atoms with E-state index in [1.807, 2.05) is 0 Å². The van der Waals surface area contributed by atoms with E-state index < -0.39 is 9.84 Å². The molecule has 134 valence electrons. The average molecular weight is 399 g/mol. The Bertz CT molecular complexity index is 847. The summed E-state index contributed by atoms with van der Waals surface area (Å²) >= 11 is 2.25. The van der Waals surface area contributed by atoms with Gasteiger partial charge in [0.1, 0.15) is 14.9 Å². The number of anilines is 1. The molecule has 2 aromatic rings. The molecule has 0 saturated heterocycles. The van der Waals surface area contributed by atoms with Crippen molar-refractivity contribution in [3.63, 3.8) is 0 Å². The van der Waals surface area contributed by atoms with Gasteiger partial charge in [-0.05, 0) is 24.3 Å². The van der Waals surface area contributed by atoms with Crippen LogP contribution in [0.15, 0.2) is 38.0 Å². The van der Waals surface area contributed by atoms with E-state index in [2.05, 4.69) is 15.3 Å². The van der Waals surface area contributed by atoms with Gasteiger partial charge in [-0.25, -0.2) is 18.4 Å². The van der Waals surface area contributed by atoms with E-state index in [-0.39, 0.29) is 37.8 Å². The van der Waals surface area contributed by atoms with Crippen molar-refractivity contribution in [3.8, 4) is 0 Å². The SMILES string of the molecule is Nc1nc(SCC(=O)NC2CCCC2)ncc1S(=O)(=O)c1cccs1. The number of nitrogens with two attached hydrogens (primary N) is 1. The number of hydrogen-bond donors (Lipinski definition) is 2. The molecule has 1 saturated carbocycles. The Morgan fingerprint density at radius 2 is 2.16 bits per heavy atom. The summed E-state index contributed by atoms with van der Waals surface area (Å²) in [6, 6.07) is 3.43. The highest BCUT2D eigenvalue weighted by Crippen LogP contribution is 2.28. The molecule has 0 aromatic carbocycles. The number of nitrogen functional groups attached to an aromatic ring is 1. The van der Waals surface area contributed by atoms with Crippen LogP contribution in [0.1, 0.15) is 25.7 Å². The third-order valence-electron chi connectivity index (χ3n) is 3.86. The highest BCUT2D eigenvalue weighted by molar-refractivity contribution is 7.99. The maximum absolute atomic E-state index is 12.5. The van der Waals surface area contributed by atoms with Crippen LogP contribution in [-0.4, -0.2) is 36.1 Å². The summed E-state index contributed by atoms with van der Waals surface area (Å²) in [6.07, 6.45) is 5.55. The molecule has 0 unspecified atom stereocenters. The molecule has 2 aromatic heterocycles. The number of carbonyl (C=O) groups excluding carboxylic acids is 1. The molecule has 3 rings (SSSR count). The third-order valence-corrected chi connectivity index (χ3v) is 7.89. The Balaban J connectivity index is 1.65. The summed E-state index contributed by atoms with van der Waals surface area (Å²) in [5.41, 5.74) is 5.81. The molecule has 1 aliphatic carbocycles. The second-order valence-corrected chi connectivity index (χ2v) is 9.71. The van der Waals surface area contributed by atoms with Gasteiger partial charge in [-0.1, -0.05) is 30.7 Å². The van der Waals surface area contributed by atoms with Crippen molar-refractivity contribution < 1.29 is 13.2 Å². The smallest absolute Gasteiger partial charge is 0.230 e. The maximum atomic E-state index is 12.5. The molecule has 0 radical (unpaired) electrons. The Hall–Kier alpha value is -1.65. The molecule has 1 aliphatic rings. The molecule has 3 N–H and O–H groups in total. The molecule has 10 heteroatoms. The van der Waals surface area contributed by atoms with Crippen LogP contribution >= 0.6 is 23.1 Å². The molecule has 1 fully saturated rings. The van der Waals surface area contributed by atoms with Crippen LogP contribution in [0, 0.1) is 0 Å². The first-order valence-corrected chi connectivity index (χ1v) is 11.1. The van der Waals surface area contributed by atoms with Crippen LogP contribution in [0.5, 0.6) is 0 Å². The van der Waals surface area contributed by atoms with Gasteiger partial charge in [0.05, 0.1) is 11.9 Å². The molecule has 2 heterocycles. The normalized spacial score (nSPS) is 15.4. The first-order valence-electron chi connectivity index (χ1n) is 7.80. The van der Waals surface area contributed by atoms with Crippen LogP contribution < -0.4 is 11.1 Å². The largest absolute Gasteiger partial charge is 0.382 e. The Labute approximate surface area is 154 Å². The van der Waals surface area contributed by atoms with Gasteiger partial charge >= 0.3 is 0 Å². The van der Waals surface area contributed by atoms with Crippen molar-refractivity contribution in [2.75, 3.05) is 11.5 Å². The standard InChI is InChI=1S/C15H18N4O3S3/c16-14-11(25(21,22)13-6-3-7-23-13)8-17-15(19-14)24-9-12(20)18-10-4-1-2-5-10/h3,6-8,10H,1-2,4-5,9H2,(H,18,20)(H2,16,17,19). The average Bonchev–Trinajstić information content (AvgIpc) is 3.26. The highest BCUT2D eigenvalue weighted by atomic mass is 32.2. The summed E-state index contributed by atoms with van der Waals surface area (Å²) in [4.78, 5) is 19.9. The van der Waals surface area contributed by atoms with Crippen molar-refractivity contribution in [2.24, 2.45) is 0 Å². The number of aromatic nitrogens is 2. The Morgan fingerprint density at radius 3 is 2.80 bits per heavy atom. The minimum Gasteiger partial charge on any atom is -0.382 e. The fourth-order valence-corrected chi connectivity index (χ4v) is 5.65. The minimum atomic E-state index is -3.71. The van der Waals surface area contributed by atoms with Crippen molar-refractivity contribution in [1.29, 1.82) is 0 Å². The predicted molar refractivity (Wildman–Crippen MR) is 97.3 cm³/mol. The molecule has 0 bridgehead atoms. The van der Waals surface area contributed by atoms with Gasteiger partial charge in [-0.3, -0.25) is 4.79 Å². The lowest BCUT2D eigenvalue weighted by Gasteiger charge is -2.11. The number of thiophene rings is 1. The summed E-state index contributed by atoms with van der Waals surface area (Å²) in [6.45, 7) is 0. The second kappa shape index (κ2) is 7.71. The van der Waals surface area contributed by atoms with Crippen molar-refractivity contribution in [2.45, 2.75) is 46.0 Å². The van der Waals surface area contributed by atoms with E-state index in [0.717, 1.165) is 48.8 Å². The Morgan fingerprint density at radius 1 is 1.40 bits per heavy atom. The molecular formula is C15H18N4O3S3. The van der Waals surface area contributed by atoms with E-state index in [1.54, 1.807) is 11.4 Å². The number of nitrogens with zero attached hydrogens (tertiary/aromatic N) is 2. The predicted octanol–water partition coefficient (Wildman–Crippen LogP) is 2.10. The van der Waals surface area contributed by atoms with Gasteiger partial charge in [0.25, 0.3) is 0 Å². The summed E-state index contributed by atoms with van der Waals surface area (Å²) in [7, 11) is -3.71. The fourth-order valence-electron chi connectivity index (χ4n) is 2.64. The number of carbonyl (C=O) groups is 1. The summed E-state index contributed by atoms with van der Waals surface area (Å²) in [5, 5.41) is 4.94. The topological polar surface area (TPSA) is 115 Å². The number of hydrogen-bond acceptors (Lipinski definition) is 8. The van der Waals surface area contributed by atoms with Gasteiger partial charge in [0, 0.05) is 6.04 Å². The zero-order valence-corrected chi connectivity index (χ0v) is 15.8. The number of thioether (sulfide) groups is 1. The number of rotatable bonds is 6. The highest BCUT2D eigenvalue weighted by Gasteiger charge is 2.23. The molecule has 0 aliphatic heterocycles. The zero-order valence-electron chi connectivity index (χ0n) is 13.3. The van der Waals surface area contributed by atoms with Crippen LogP contribution in [0.25, 0.3) is 0 Å². The van der Waals surface area contributed by atoms with E-state index in [1.165, 1.54) is 12.3 Å². The van der Waals surface area contributed by atoms with Crippen LogP contribution in [-0.2, 0) is 14.6 Å². The van der Waals surface area contributed by atoms with Gasteiger partial charge in [0.2, 0.25) is 15.7 Å². The third kappa shape index (κ3) is 4.31. The molecule has 0 atom stereocenters. The molecule has 25 heavy (non-hydrogen) atoms. The van der Waals surface area contributed by atoms with E-state index in [0.29, 0.717) is 0 Å². The van der Waals surface area contributed by atoms with E-state index >= 15 is 0 Å². The zero-order chi connectivity index (χ0) is 17.9. The monoisotopic (exact) mass is 398 g/mol. The number of nitrogens with one attached hydrogen (secondary N) is 1. The van der Waals surface area contributed by atoms with E-state index in [9.17, 15) is 13.2 Å². The minimum absolute atomic E-state index is 0.0747. The molecule has 1 amide bonds. The second-order valence-electron chi connectivity index (χ2n) is 5.68. The van der Waals surface area contributed by atoms with E-state index in [4.69, 9.17) is 5.73 Å². The number of amides is 1. The summed E-state index contributed by atoms with van der Waals surface area (Å²) in [5.74, 6) is -0.0103.